The number of hydrogen-bond acceptors (Lipinski definition) is 5. The highest BCUT2D eigenvalue weighted by atomic mass is 16.6. The van der Waals surface area contributed by atoms with Crippen molar-refractivity contribution >= 4 is 11.6 Å². The monoisotopic (exact) mass is 293 g/mol. The van der Waals surface area contributed by atoms with E-state index in [-0.39, 0.29) is 29.8 Å². The molecule has 0 radical (unpaired) electrons. The number of rotatable bonds is 5. The molecule has 2 N–H and O–H groups in total. The molecular weight excluding hydrogens is 274 g/mol. The zero-order valence-electron chi connectivity index (χ0n) is 12.0. The molecule has 7 heteroatoms. The second-order valence-electron chi connectivity index (χ2n) is 5.14. The van der Waals surface area contributed by atoms with Crippen molar-refractivity contribution in [2.75, 3.05) is 13.7 Å². The van der Waals surface area contributed by atoms with Crippen molar-refractivity contribution in [3.63, 3.8) is 0 Å². The number of carbonyl (C=O) groups is 1. The predicted octanol–water partition coefficient (Wildman–Crippen LogP) is 1.15. The number of benzene rings is 1. The van der Waals surface area contributed by atoms with Crippen molar-refractivity contribution in [3.05, 3.63) is 39.9 Å². The summed E-state index contributed by atoms with van der Waals surface area (Å²) in [4.78, 5) is 22.5. The fraction of sp³-hybridized carbons (Fsp3) is 0.500. The van der Waals surface area contributed by atoms with Gasteiger partial charge in [-0.2, -0.15) is 0 Å². The van der Waals surface area contributed by atoms with E-state index >= 15 is 0 Å². The Hall–Kier alpha value is -1.99. The summed E-state index contributed by atoms with van der Waals surface area (Å²) in [6.45, 7) is 2.46. The lowest BCUT2D eigenvalue weighted by atomic mass is 10.1. The zero-order chi connectivity index (χ0) is 15.4. The third kappa shape index (κ3) is 3.77. The Morgan fingerprint density at radius 3 is 2.95 bits per heavy atom. The minimum Gasteiger partial charge on any atom is -0.380 e. The van der Waals surface area contributed by atoms with E-state index in [0.29, 0.717) is 18.5 Å². The van der Waals surface area contributed by atoms with E-state index in [4.69, 9.17) is 4.74 Å². The molecule has 7 nitrogen and oxygen atoms in total. The summed E-state index contributed by atoms with van der Waals surface area (Å²) in [7, 11) is 1.62. The smallest absolute Gasteiger partial charge is 0.269 e. The maximum Gasteiger partial charge on any atom is 0.269 e. The van der Waals surface area contributed by atoms with Gasteiger partial charge in [-0.05, 0) is 18.9 Å². The van der Waals surface area contributed by atoms with Crippen LogP contribution in [0.15, 0.2) is 24.3 Å². The number of carbonyl (C=O) groups excluding carboxylic acids is 1. The second kappa shape index (κ2) is 6.64. The number of nitrogens with one attached hydrogen (secondary N) is 2. The van der Waals surface area contributed by atoms with E-state index in [1.165, 1.54) is 12.1 Å². The van der Waals surface area contributed by atoms with Crippen LogP contribution >= 0.6 is 0 Å². The van der Waals surface area contributed by atoms with Crippen LogP contribution in [0.3, 0.4) is 0 Å². The Kier molecular flexibility index (Phi) is 4.87. The molecule has 1 aromatic rings. The minimum atomic E-state index is -0.445. The third-order valence-electron chi connectivity index (χ3n) is 3.68. The van der Waals surface area contributed by atoms with Crippen LogP contribution in [0.25, 0.3) is 0 Å². The molecule has 0 aliphatic carbocycles. The molecule has 1 aliphatic rings. The summed E-state index contributed by atoms with van der Waals surface area (Å²) in [5.41, 5.74) is 0.728. The van der Waals surface area contributed by atoms with Crippen LogP contribution in [0.2, 0.25) is 0 Å². The maximum atomic E-state index is 12.1. The summed E-state index contributed by atoms with van der Waals surface area (Å²) in [5, 5.41) is 16.7. The number of amides is 1. The summed E-state index contributed by atoms with van der Waals surface area (Å²) >= 11 is 0. The van der Waals surface area contributed by atoms with Crippen molar-refractivity contribution in [1.29, 1.82) is 0 Å². The van der Waals surface area contributed by atoms with Crippen LogP contribution in [0.1, 0.15) is 24.9 Å². The van der Waals surface area contributed by atoms with Gasteiger partial charge in [0.2, 0.25) is 5.91 Å². The van der Waals surface area contributed by atoms with Gasteiger partial charge < -0.3 is 15.4 Å². The Morgan fingerprint density at radius 2 is 2.33 bits per heavy atom. The Bertz CT molecular complexity index is 535. The Balaban J connectivity index is 1.98. The molecule has 0 bridgehead atoms. The van der Waals surface area contributed by atoms with E-state index < -0.39 is 4.92 Å². The van der Waals surface area contributed by atoms with Gasteiger partial charge in [-0.25, -0.2) is 0 Å². The van der Waals surface area contributed by atoms with Crippen LogP contribution in [0, 0.1) is 10.1 Å². The van der Waals surface area contributed by atoms with Crippen LogP contribution < -0.4 is 10.6 Å². The molecule has 1 fully saturated rings. The lowest BCUT2D eigenvalue weighted by molar-refractivity contribution is -0.384. The zero-order valence-corrected chi connectivity index (χ0v) is 12.0. The first-order valence-corrected chi connectivity index (χ1v) is 6.82. The van der Waals surface area contributed by atoms with Crippen molar-refractivity contribution in [1.82, 2.24) is 10.6 Å². The number of hydrogen-bond donors (Lipinski definition) is 2. The molecule has 1 aromatic carbocycles. The average Bonchev–Trinajstić information content (AvgIpc) is 2.96. The SMILES string of the molecule is COC1CNC(C(=O)NC(C)c2cccc([N+](=O)[O-])c2)C1. The van der Waals surface area contributed by atoms with Gasteiger partial charge in [0.05, 0.1) is 23.1 Å². The van der Waals surface area contributed by atoms with Gasteiger partial charge >= 0.3 is 0 Å². The number of nitrogens with zero attached hydrogens (tertiary/aromatic N) is 1. The molecule has 3 atom stereocenters. The van der Waals surface area contributed by atoms with Crippen LogP contribution in [0.4, 0.5) is 5.69 Å². The van der Waals surface area contributed by atoms with E-state index in [9.17, 15) is 14.9 Å². The predicted molar refractivity (Wildman–Crippen MR) is 76.9 cm³/mol. The molecule has 2 rings (SSSR count). The number of ether oxygens (including phenoxy) is 1. The molecule has 1 heterocycles. The molecule has 0 aromatic heterocycles. The van der Waals surface area contributed by atoms with Gasteiger partial charge in [0.25, 0.3) is 5.69 Å². The molecular formula is C14H19N3O4. The summed E-state index contributed by atoms with van der Waals surface area (Å²) in [5.74, 6) is -0.117. The number of non-ortho nitro benzene ring substituents is 1. The van der Waals surface area contributed by atoms with Gasteiger partial charge in [0, 0.05) is 25.8 Å². The van der Waals surface area contributed by atoms with Gasteiger partial charge in [-0.3, -0.25) is 14.9 Å². The topological polar surface area (TPSA) is 93.5 Å². The molecule has 1 saturated heterocycles. The normalized spacial score (nSPS) is 22.8. The van der Waals surface area contributed by atoms with Crippen molar-refractivity contribution in [2.24, 2.45) is 0 Å². The Morgan fingerprint density at radius 1 is 1.57 bits per heavy atom. The van der Waals surface area contributed by atoms with Crippen molar-refractivity contribution in [3.8, 4) is 0 Å². The van der Waals surface area contributed by atoms with E-state index in [1.807, 2.05) is 0 Å². The van der Waals surface area contributed by atoms with Gasteiger partial charge in [0.1, 0.15) is 0 Å². The average molecular weight is 293 g/mol. The molecule has 1 amide bonds. The first-order valence-electron chi connectivity index (χ1n) is 6.82. The van der Waals surface area contributed by atoms with Crippen LogP contribution in [-0.4, -0.2) is 36.6 Å². The third-order valence-corrected chi connectivity index (χ3v) is 3.68. The van der Waals surface area contributed by atoms with E-state index in [1.54, 1.807) is 26.2 Å². The van der Waals surface area contributed by atoms with Crippen LogP contribution in [0.5, 0.6) is 0 Å². The fourth-order valence-electron chi connectivity index (χ4n) is 2.39. The standard InChI is InChI=1S/C14H19N3O4/c1-9(10-4-3-5-11(6-10)17(19)20)16-14(18)13-7-12(21-2)8-15-13/h3-6,9,12-13,15H,7-8H2,1-2H3,(H,16,18). The molecule has 114 valence electrons. The number of nitro groups is 1. The maximum absolute atomic E-state index is 12.1. The van der Waals surface area contributed by atoms with Gasteiger partial charge in [-0.15, -0.1) is 0 Å². The number of nitro benzene ring substituents is 1. The van der Waals surface area contributed by atoms with Crippen molar-refractivity contribution in [2.45, 2.75) is 31.5 Å². The lowest BCUT2D eigenvalue weighted by Crippen LogP contribution is -2.41. The quantitative estimate of drug-likeness (QED) is 0.627. The highest BCUT2D eigenvalue weighted by molar-refractivity contribution is 5.82. The Labute approximate surface area is 122 Å². The fourth-order valence-corrected chi connectivity index (χ4v) is 2.39. The summed E-state index contributed by atoms with van der Waals surface area (Å²) in [6, 6.07) is 5.71. The molecule has 1 aliphatic heterocycles. The number of methoxy groups -OCH3 is 1. The highest BCUT2D eigenvalue weighted by Gasteiger charge is 2.30. The van der Waals surface area contributed by atoms with Crippen LogP contribution in [-0.2, 0) is 9.53 Å². The lowest BCUT2D eigenvalue weighted by Gasteiger charge is -2.17. The molecule has 0 saturated carbocycles. The molecule has 21 heavy (non-hydrogen) atoms. The first-order chi connectivity index (χ1) is 10.0. The first kappa shape index (κ1) is 15.4. The molecule has 3 unspecified atom stereocenters. The van der Waals surface area contributed by atoms with Crippen molar-refractivity contribution < 1.29 is 14.5 Å². The summed E-state index contributed by atoms with van der Waals surface area (Å²) in [6.07, 6.45) is 0.679. The van der Waals surface area contributed by atoms with Gasteiger partial charge in [0.15, 0.2) is 0 Å². The largest absolute Gasteiger partial charge is 0.380 e. The van der Waals surface area contributed by atoms with E-state index in [2.05, 4.69) is 10.6 Å². The second-order valence-corrected chi connectivity index (χ2v) is 5.14. The highest BCUT2D eigenvalue weighted by Crippen LogP contribution is 2.19. The van der Waals surface area contributed by atoms with E-state index in [0.717, 1.165) is 0 Å². The summed E-state index contributed by atoms with van der Waals surface area (Å²) < 4.78 is 5.21. The minimum absolute atomic E-state index is 0.0204. The molecule has 0 spiro atoms. The van der Waals surface area contributed by atoms with Gasteiger partial charge in [-0.1, -0.05) is 12.1 Å².